The molecule has 6 nitrogen and oxygen atoms in total. The van der Waals surface area contributed by atoms with E-state index in [0.717, 1.165) is 27.7 Å². The van der Waals surface area contributed by atoms with Gasteiger partial charge in [-0.1, -0.05) is 12.1 Å². The van der Waals surface area contributed by atoms with E-state index in [0.29, 0.717) is 18.7 Å². The zero-order valence-corrected chi connectivity index (χ0v) is 14.8. The molecule has 0 fully saturated rings. The number of ether oxygens (including phenoxy) is 1. The van der Waals surface area contributed by atoms with Gasteiger partial charge in [0.25, 0.3) is 0 Å². The minimum absolute atomic E-state index is 0.162. The van der Waals surface area contributed by atoms with E-state index >= 15 is 0 Å². The number of amides is 1. The third-order valence-corrected chi connectivity index (χ3v) is 3.92. The molecule has 6 heteroatoms. The van der Waals surface area contributed by atoms with Crippen LogP contribution in [-0.2, 0) is 11.2 Å². The van der Waals surface area contributed by atoms with Crippen molar-refractivity contribution in [3.8, 4) is 5.88 Å². The molecule has 0 atom stereocenters. The van der Waals surface area contributed by atoms with Crippen LogP contribution in [0.5, 0.6) is 5.88 Å². The van der Waals surface area contributed by atoms with Crippen LogP contribution in [0.4, 0.5) is 0 Å². The van der Waals surface area contributed by atoms with Crippen LogP contribution in [0, 0.1) is 6.92 Å². The van der Waals surface area contributed by atoms with Gasteiger partial charge in [0.1, 0.15) is 0 Å². The Kier molecular flexibility index (Phi) is 5.53. The van der Waals surface area contributed by atoms with Gasteiger partial charge in [-0.3, -0.25) is 9.78 Å². The van der Waals surface area contributed by atoms with Crippen LogP contribution in [0.15, 0.2) is 53.8 Å². The Morgan fingerprint density at radius 3 is 3.00 bits per heavy atom. The molecular formula is C20H20N4O2. The monoisotopic (exact) mass is 348 g/mol. The first-order valence-corrected chi connectivity index (χ1v) is 8.33. The van der Waals surface area contributed by atoms with Gasteiger partial charge in [0.15, 0.2) is 0 Å². The number of pyridine rings is 2. The summed E-state index contributed by atoms with van der Waals surface area (Å²) in [7, 11) is 1.57. The second kappa shape index (κ2) is 8.20. The number of hydrogen-bond acceptors (Lipinski definition) is 5. The number of hydrogen-bond donors (Lipinski definition) is 1. The Labute approximate surface area is 151 Å². The van der Waals surface area contributed by atoms with Crippen molar-refractivity contribution >= 4 is 23.0 Å². The maximum Gasteiger partial charge on any atom is 0.240 e. The van der Waals surface area contributed by atoms with Crippen molar-refractivity contribution in [2.75, 3.05) is 7.11 Å². The van der Waals surface area contributed by atoms with E-state index in [2.05, 4.69) is 20.5 Å². The lowest BCUT2D eigenvalue weighted by Gasteiger charge is -2.04. The number of nitrogens with zero attached hydrogens (tertiary/aromatic N) is 3. The van der Waals surface area contributed by atoms with E-state index in [1.165, 1.54) is 0 Å². The summed E-state index contributed by atoms with van der Waals surface area (Å²) in [5, 5.41) is 5.09. The third-order valence-electron chi connectivity index (χ3n) is 3.92. The average Bonchev–Trinajstić information content (AvgIpc) is 2.66. The molecule has 0 bridgehead atoms. The molecule has 2 heterocycles. The average molecular weight is 348 g/mol. The van der Waals surface area contributed by atoms with E-state index in [1.807, 2.05) is 43.3 Å². The summed E-state index contributed by atoms with van der Waals surface area (Å²) in [4.78, 5) is 20.6. The molecule has 0 aliphatic rings. The number of aromatic nitrogens is 2. The zero-order valence-electron chi connectivity index (χ0n) is 14.8. The van der Waals surface area contributed by atoms with E-state index in [1.54, 1.807) is 25.6 Å². The van der Waals surface area contributed by atoms with E-state index in [-0.39, 0.29) is 5.91 Å². The van der Waals surface area contributed by atoms with Crippen molar-refractivity contribution in [2.45, 2.75) is 19.8 Å². The highest BCUT2D eigenvalue weighted by Gasteiger charge is 2.04. The summed E-state index contributed by atoms with van der Waals surface area (Å²) in [6, 6.07) is 13.4. The number of fused-ring (bicyclic) bond motifs is 1. The number of aryl methyl sites for hydroxylation is 2. The van der Waals surface area contributed by atoms with Crippen molar-refractivity contribution in [1.82, 2.24) is 15.4 Å². The second-order valence-corrected chi connectivity index (χ2v) is 5.88. The van der Waals surface area contributed by atoms with Gasteiger partial charge in [0, 0.05) is 29.8 Å². The van der Waals surface area contributed by atoms with Gasteiger partial charge in [-0.15, -0.1) is 0 Å². The summed E-state index contributed by atoms with van der Waals surface area (Å²) in [5.41, 5.74) is 6.32. The summed E-state index contributed by atoms with van der Waals surface area (Å²) in [5.74, 6) is 0.382. The molecule has 0 unspecified atom stereocenters. The molecule has 3 rings (SSSR count). The predicted octanol–water partition coefficient (Wildman–Crippen LogP) is 3.03. The Balaban J connectivity index is 1.57. The highest BCUT2D eigenvalue weighted by atomic mass is 16.5. The molecule has 0 spiro atoms. The number of carbonyl (C=O) groups excluding carboxylic acids is 1. The first-order valence-electron chi connectivity index (χ1n) is 8.33. The van der Waals surface area contributed by atoms with Gasteiger partial charge in [-0.05, 0) is 48.7 Å². The lowest BCUT2D eigenvalue weighted by Crippen LogP contribution is -2.18. The van der Waals surface area contributed by atoms with Crippen LogP contribution < -0.4 is 10.2 Å². The first kappa shape index (κ1) is 17.5. The Morgan fingerprint density at radius 1 is 1.27 bits per heavy atom. The number of nitrogens with one attached hydrogen (secondary N) is 1. The first-order chi connectivity index (χ1) is 12.7. The number of hydrazone groups is 1. The molecule has 1 aromatic carbocycles. The maximum absolute atomic E-state index is 11.9. The summed E-state index contributed by atoms with van der Waals surface area (Å²) in [6.45, 7) is 2.01. The smallest absolute Gasteiger partial charge is 0.240 e. The zero-order chi connectivity index (χ0) is 18.4. The fourth-order valence-electron chi connectivity index (χ4n) is 2.66. The molecule has 132 valence electrons. The van der Waals surface area contributed by atoms with E-state index < -0.39 is 0 Å². The molecule has 3 aromatic rings. The minimum Gasteiger partial charge on any atom is -0.481 e. The number of benzene rings is 1. The van der Waals surface area contributed by atoms with Crippen molar-refractivity contribution in [3.05, 3.63) is 65.5 Å². The van der Waals surface area contributed by atoms with Crippen molar-refractivity contribution in [3.63, 3.8) is 0 Å². The quantitative estimate of drug-likeness (QED) is 0.549. The summed E-state index contributed by atoms with van der Waals surface area (Å²) in [6.07, 6.45) is 4.25. The van der Waals surface area contributed by atoms with Gasteiger partial charge in [0.2, 0.25) is 11.8 Å². The molecule has 1 N–H and O–H groups in total. The van der Waals surface area contributed by atoms with Gasteiger partial charge in [0.05, 0.1) is 18.8 Å². The number of methoxy groups -OCH3 is 1. The molecule has 0 aliphatic heterocycles. The molecule has 0 saturated carbocycles. The largest absolute Gasteiger partial charge is 0.481 e. The van der Waals surface area contributed by atoms with E-state index in [4.69, 9.17) is 4.74 Å². The second-order valence-electron chi connectivity index (χ2n) is 5.88. The maximum atomic E-state index is 11.9. The Morgan fingerprint density at radius 2 is 2.15 bits per heavy atom. The third kappa shape index (κ3) is 4.42. The highest BCUT2D eigenvalue weighted by molar-refractivity contribution is 5.91. The fraction of sp³-hybridized carbons (Fsp3) is 0.200. The van der Waals surface area contributed by atoms with Crippen molar-refractivity contribution < 1.29 is 9.53 Å². The molecule has 2 aromatic heterocycles. The van der Waals surface area contributed by atoms with Crippen LogP contribution >= 0.6 is 0 Å². The van der Waals surface area contributed by atoms with Gasteiger partial charge < -0.3 is 4.74 Å². The SMILES string of the molecule is COc1cccc(CCC(=O)NN=Cc2cc(C)c3ncccc3c2)n1. The normalized spacial score (nSPS) is 11.0. The number of carbonyl (C=O) groups is 1. The lowest BCUT2D eigenvalue weighted by atomic mass is 10.1. The van der Waals surface area contributed by atoms with E-state index in [9.17, 15) is 4.79 Å². The highest BCUT2D eigenvalue weighted by Crippen LogP contribution is 2.17. The summed E-state index contributed by atoms with van der Waals surface area (Å²) >= 11 is 0. The predicted molar refractivity (Wildman–Crippen MR) is 101 cm³/mol. The van der Waals surface area contributed by atoms with Crippen LogP contribution in [0.3, 0.4) is 0 Å². The van der Waals surface area contributed by atoms with Crippen LogP contribution in [0.2, 0.25) is 0 Å². The molecular weight excluding hydrogens is 328 g/mol. The molecule has 0 saturated heterocycles. The topological polar surface area (TPSA) is 76.5 Å². The summed E-state index contributed by atoms with van der Waals surface area (Å²) < 4.78 is 5.08. The molecule has 0 radical (unpaired) electrons. The van der Waals surface area contributed by atoms with Crippen molar-refractivity contribution in [1.29, 1.82) is 0 Å². The van der Waals surface area contributed by atoms with Crippen LogP contribution in [0.25, 0.3) is 10.9 Å². The Bertz CT molecular complexity index is 953. The van der Waals surface area contributed by atoms with Crippen LogP contribution in [-0.4, -0.2) is 29.2 Å². The fourth-order valence-corrected chi connectivity index (χ4v) is 2.66. The van der Waals surface area contributed by atoms with Crippen molar-refractivity contribution in [2.24, 2.45) is 5.10 Å². The molecule has 1 amide bonds. The number of rotatable bonds is 6. The Hall–Kier alpha value is -3.28. The lowest BCUT2D eigenvalue weighted by molar-refractivity contribution is -0.121. The molecule has 0 aliphatic carbocycles. The minimum atomic E-state index is -0.162. The molecule has 26 heavy (non-hydrogen) atoms. The standard InChI is InChI=1S/C20H20N4O2/c1-14-11-15(12-16-5-4-10-21-20(14)16)13-22-24-18(25)9-8-17-6-3-7-19(23-17)26-2/h3-7,10-13H,8-9H2,1-2H3,(H,24,25). The van der Waals surface area contributed by atoms with Crippen LogP contribution in [0.1, 0.15) is 23.2 Å². The van der Waals surface area contributed by atoms with Gasteiger partial charge in [-0.2, -0.15) is 5.10 Å². The van der Waals surface area contributed by atoms with Gasteiger partial charge in [-0.25, -0.2) is 10.4 Å². The van der Waals surface area contributed by atoms with Gasteiger partial charge >= 0.3 is 0 Å².